The van der Waals surface area contributed by atoms with Gasteiger partial charge in [-0.2, -0.15) is 0 Å². The Hall–Kier alpha value is -2.81. The molecule has 0 aliphatic rings. The molecule has 0 atom stereocenters. The second kappa shape index (κ2) is 5.90. The Balaban J connectivity index is 2.16. The molecule has 0 unspecified atom stereocenters. The molecule has 0 saturated heterocycles. The molecular weight excluding hydrogens is 288 g/mol. The van der Waals surface area contributed by atoms with Crippen LogP contribution in [0.1, 0.15) is 24.3 Å². The number of nitrogens with two attached hydrogens (primary N) is 1. The Morgan fingerprint density at radius 1 is 1.50 bits per heavy atom. The van der Waals surface area contributed by atoms with Crippen molar-refractivity contribution in [2.75, 3.05) is 6.54 Å². The van der Waals surface area contributed by atoms with Crippen LogP contribution >= 0.6 is 0 Å². The van der Waals surface area contributed by atoms with Gasteiger partial charge in [0, 0.05) is 24.2 Å². The first-order chi connectivity index (χ1) is 10.3. The van der Waals surface area contributed by atoms with E-state index in [4.69, 9.17) is 5.73 Å². The fourth-order valence-electron chi connectivity index (χ4n) is 1.64. The lowest BCUT2D eigenvalue weighted by Gasteiger charge is -2.18. The van der Waals surface area contributed by atoms with E-state index >= 15 is 0 Å². The third kappa shape index (κ3) is 3.85. The summed E-state index contributed by atoms with van der Waals surface area (Å²) in [6, 6.07) is 5.88. The van der Waals surface area contributed by atoms with Crippen LogP contribution in [0.3, 0.4) is 0 Å². The molecule has 2 rings (SSSR count). The minimum atomic E-state index is -0.536. The fraction of sp³-hybridized carbons (Fsp3) is 0.308. The number of hydrogen-bond acceptors (Lipinski definition) is 6. The number of rotatable bonds is 5. The number of amides is 1. The third-order valence-electron chi connectivity index (χ3n) is 2.74. The van der Waals surface area contributed by atoms with E-state index in [1.807, 2.05) is 0 Å². The number of non-ortho nitro benzene ring substituents is 1. The Bertz CT molecular complexity index is 704. The second-order valence-electron chi connectivity index (χ2n) is 5.50. The first-order valence-electron chi connectivity index (χ1n) is 6.50. The van der Waals surface area contributed by atoms with Crippen LogP contribution in [0.2, 0.25) is 0 Å². The molecule has 0 aliphatic heterocycles. The standard InChI is InChI=1S/C13H16N6O3/c1-13(2,14)8-15-12(20)11-7-18(17-16-11)9-4-3-5-10(6-9)19(21)22/h3-7H,8,14H2,1-2H3,(H,15,20). The van der Waals surface area contributed by atoms with Gasteiger partial charge in [0.25, 0.3) is 11.6 Å². The van der Waals surface area contributed by atoms with Crippen LogP contribution in [0.15, 0.2) is 30.5 Å². The number of carbonyl (C=O) groups is 1. The zero-order valence-electron chi connectivity index (χ0n) is 12.2. The van der Waals surface area contributed by atoms with E-state index < -0.39 is 16.4 Å². The highest BCUT2D eigenvalue weighted by Gasteiger charge is 2.16. The predicted molar refractivity (Wildman–Crippen MR) is 78.6 cm³/mol. The molecule has 9 heteroatoms. The lowest BCUT2D eigenvalue weighted by molar-refractivity contribution is -0.384. The average Bonchev–Trinajstić information content (AvgIpc) is 2.94. The minimum absolute atomic E-state index is 0.0658. The summed E-state index contributed by atoms with van der Waals surface area (Å²) in [4.78, 5) is 22.2. The highest BCUT2D eigenvalue weighted by atomic mass is 16.6. The molecule has 0 fully saturated rings. The summed E-state index contributed by atoms with van der Waals surface area (Å²) in [5, 5.41) is 21.0. The molecule has 1 aromatic heterocycles. The molecule has 2 aromatic rings. The topological polar surface area (TPSA) is 129 Å². The summed E-state index contributed by atoms with van der Waals surface area (Å²) in [5.41, 5.74) is 5.73. The fourth-order valence-corrected chi connectivity index (χ4v) is 1.64. The van der Waals surface area contributed by atoms with Gasteiger partial charge in [-0.15, -0.1) is 5.10 Å². The molecule has 0 aliphatic carbocycles. The molecule has 0 spiro atoms. The molecule has 3 N–H and O–H groups in total. The molecule has 116 valence electrons. The van der Waals surface area contributed by atoms with E-state index in [-0.39, 0.29) is 17.9 Å². The van der Waals surface area contributed by atoms with Crippen molar-refractivity contribution in [3.63, 3.8) is 0 Å². The smallest absolute Gasteiger partial charge is 0.273 e. The molecule has 0 bridgehead atoms. The maximum atomic E-state index is 11.9. The molecule has 1 aromatic carbocycles. The molecule has 0 radical (unpaired) electrons. The Kier molecular flexibility index (Phi) is 4.18. The van der Waals surface area contributed by atoms with Crippen molar-refractivity contribution in [1.29, 1.82) is 0 Å². The van der Waals surface area contributed by atoms with Gasteiger partial charge in [-0.05, 0) is 19.9 Å². The van der Waals surface area contributed by atoms with Crippen LogP contribution < -0.4 is 11.1 Å². The van der Waals surface area contributed by atoms with Crippen LogP contribution in [0.5, 0.6) is 0 Å². The number of hydrogen-bond donors (Lipinski definition) is 2. The zero-order valence-corrected chi connectivity index (χ0v) is 12.2. The lowest BCUT2D eigenvalue weighted by Crippen LogP contribution is -2.45. The van der Waals surface area contributed by atoms with Gasteiger partial charge < -0.3 is 11.1 Å². The van der Waals surface area contributed by atoms with Gasteiger partial charge >= 0.3 is 0 Å². The highest BCUT2D eigenvalue weighted by molar-refractivity contribution is 5.91. The SMILES string of the molecule is CC(C)(N)CNC(=O)c1cn(-c2cccc([N+](=O)[O-])c2)nn1. The van der Waals surface area contributed by atoms with E-state index in [2.05, 4.69) is 15.6 Å². The molecule has 1 amide bonds. The predicted octanol–water partition coefficient (Wildman–Crippen LogP) is 0.643. The normalized spacial score (nSPS) is 11.2. The first-order valence-corrected chi connectivity index (χ1v) is 6.50. The molecule has 1 heterocycles. The molecular formula is C13H16N6O3. The summed E-state index contributed by atoms with van der Waals surface area (Å²) >= 11 is 0. The number of nitrogens with zero attached hydrogens (tertiary/aromatic N) is 4. The van der Waals surface area contributed by atoms with Crippen LogP contribution in [0, 0.1) is 10.1 Å². The van der Waals surface area contributed by atoms with Gasteiger partial charge in [0.2, 0.25) is 0 Å². The number of nitro benzene ring substituents is 1. The van der Waals surface area contributed by atoms with Crippen molar-refractivity contribution in [3.8, 4) is 5.69 Å². The van der Waals surface area contributed by atoms with Crippen LogP contribution in [-0.2, 0) is 0 Å². The number of nitro groups is 1. The first kappa shape index (κ1) is 15.6. The van der Waals surface area contributed by atoms with Gasteiger partial charge in [0.15, 0.2) is 5.69 Å². The van der Waals surface area contributed by atoms with Crippen molar-refractivity contribution in [2.24, 2.45) is 5.73 Å². The van der Waals surface area contributed by atoms with Crippen molar-refractivity contribution in [1.82, 2.24) is 20.3 Å². The largest absolute Gasteiger partial charge is 0.349 e. The number of carbonyl (C=O) groups excluding carboxylic acids is 1. The van der Waals surface area contributed by atoms with E-state index in [9.17, 15) is 14.9 Å². The van der Waals surface area contributed by atoms with E-state index in [1.165, 1.54) is 29.1 Å². The van der Waals surface area contributed by atoms with Crippen molar-refractivity contribution < 1.29 is 9.72 Å². The van der Waals surface area contributed by atoms with Crippen LogP contribution in [0.4, 0.5) is 5.69 Å². The monoisotopic (exact) mass is 304 g/mol. The third-order valence-corrected chi connectivity index (χ3v) is 2.74. The zero-order chi connectivity index (χ0) is 16.3. The number of nitrogens with one attached hydrogen (secondary N) is 1. The second-order valence-corrected chi connectivity index (χ2v) is 5.50. The average molecular weight is 304 g/mol. The van der Waals surface area contributed by atoms with E-state index in [1.54, 1.807) is 19.9 Å². The van der Waals surface area contributed by atoms with Crippen LogP contribution in [-0.4, -0.2) is 37.9 Å². The number of benzene rings is 1. The molecule has 0 saturated carbocycles. The quantitative estimate of drug-likeness (QED) is 0.616. The Labute approximate surface area is 126 Å². The summed E-state index contributed by atoms with van der Waals surface area (Å²) in [6.07, 6.45) is 1.40. The Morgan fingerprint density at radius 2 is 2.23 bits per heavy atom. The van der Waals surface area contributed by atoms with Gasteiger partial charge in [-0.25, -0.2) is 4.68 Å². The highest BCUT2D eigenvalue weighted by Crippen LogP contribution is 2.16. The Morgan fingerprint density at radius 3 is 2.86 bits per heavy atom. The maximum absolute atomic E-state index is 11.9. The van der Waals surface area contributed by atoms with E-state index in [0.29, 0.717) is 5.69 Å². The summed E-state index contributed by atoms with van der Waals surface area (Å²) in [6.45, 7) is 3.86. The minimum Gasteiger partial charge on any atom is -0.349 e. The van der Waals surface area contributed by atoms with Crippen molar-refractivity contribution in [2.45, 2.75) is 19.4 Å². The summed E-state index contributed by atoms with van der Waals surface area (Å²) in [5.74, 6) is -0.407. The van der Waals surface area contributed by atoms with Gasteiger partial charge in [-0.3, -0.25) is 14.9 Å². The van der Waals surface area contributed by atoms with E-state index in [0.717, 1.165) is 0 Å². The maximum Gasteiger partial charge on any atom is 0.273 e. The molecule has 22 heavy (non-hydrogen) atoms. The van der Waals surface area contributed by atoms with Crippen LogP contribution in [0.25, 0.3) is 5.69 Å². The summed E-state index contributed by atoms with van der Waals surface area (Å²) < 4.78 is 1.30. The van der Waals surface area contributed by atoms with Gasteiger partial charge in [0.05, 0.1) is 16.8 Å². The van der Waals surface area contributed by atoms with Gasteiger partial charge in [-0.1, -0.05) is 11.3 Å². The number of aromatic nitrogens is 3. The lowest BCUT2D eigenvalue weighted by atomic mass is 10.1. The molecule has 9 nitrogen and oxygen atoms in total. The van der Waals surface area contributed by atoms with Gasteiger partial charge in [0.1, 0.15) is 0 Å². The summed E-state index contributed by atoms with van der Waals surface area (Å²) in [7, 11) is 0. The van der Waals surface area contributed by atoms with Crippen molar-refractivity contribution in [3.05, 3.63) is 46.3 Å². The van der Waals surface area contributed by atoms with Crippen molar-refractivity contribution >= 4 is 11.6 Å².